The molecule has 0 spiro atoms. The first-order chi connectivity index (χ1) is 16.2. The molecule has 1 N–H and O–H groups in total. The van der Waals surface area contributed by atoms with Gasteiger partial charge >= 0.3 is 0 Å². The van der Waals surface area contributed by atoms with Crippen molar-refractivity contribution in [3.63, 3.8) is 0 Å². The number of oxazole rings is 1. The van der Waals surface area contributed by atoms with Crippen LogP contribution in [0.4, 0.5) is 4.39 Å². The summed E-state index contributed by atoms with van der Waals surface area (Å²) in [5.74, 6) is 0.611. The Morgan fingerprint density at radius 3 is 2.56 bits per heavy atom. The molecule has 1 atom stereocenters. The van der Waals surface area contributed by atoms with Crippen LogP contribution >= 0.6 is 0 Å². The van der Waals surface area contributed by atoms with E-state index in [1.165, 1.54) is 24.6 Å². The summed E-state index contributed by atoms with van der Waals surface area (Å²) >= 11 is 0. The van der Waals surface area contributed by atoms with Crippen LogP contribution in [0.15, 0.2) is 47.3 Å². The van der Waals surface area contributed by atoms with E-state index in [1.807, 2.05) is 6.20 Å². The van der Waals surface area contributed by atoms with Gasteiger partial charge in [-0.2, -0.15) is 0 Å². The molecule has 7 nitrogen and oxygen atoms in total. The Kier molecular flexibility index (Phi) is 6.68. The average molecular weight is 467 g/mol. The van der Waals surface area contributed by atoms with Crippen molar-refractivity contribution in [1.82, 2.24) is 19.9 Å². The van der Waals surface area contributed by atoms with Crippen LogP contribution < -0.4 is 5.32 Å². The predicted molar refractivity (Wildman–Crippen MR) is 126 cm³/mol. The van der Waals surface area contributed by atoms with Crippen molar-refractivity contribution in [2.75, 3.05) is 0 Å². The van der Waals surface area contributed by atoms with Gasteiger partial charge in [0.2, 0.25) is 11.7 Å². The first kappa shape index (κ1) is 23.9. The summed E-state index contributed by atoms with van der Waals surface area (Å²) < 4.78 is 20.8. The van der Waals surface area contributed by atoms with Gasteiger partial charge in [0.15, 0.2) is 0 Å². The predicted octanol–water partition coefficient (Wildman–Crippen LogP) is 5.37. The summed E-state index contributed by atoms with van der Waals surface area (Å²) in [6.45, 7) is 6.30. The standard InChI is InChI=1S/C26H31FN4O3/c1-25(2,3)31-20(18-8-10-19(27)11-9-18)17-29-24(31)26(14-12-22(33)30-26)13-6-4-5-7-21(32)23-28-15-16-34-23/h8-11,15-17H,4-7,12-14H2,1-3H3,(H,30,33). The molecule has 2 aromatic heterocycles. The maximum absolute atomic E-state index is 13.5. The van der Waals surface area contributed by atoms with Gasteiger partial charge in [-0.25, -0.2) is 14.4 Å². The van der Waals surface area contributed by atoms with E-state index in [9.17, 15) is 14.0 Å². The van der Waals surface area contributed by atoms with Gasteiger partial charge in [0.1, 0.15) is 17.9 Å². The highest BCUT2D eigenvalue weighted by Gasteiger charge is 2.44. The van der Waals surface area contributed by atoms with Gasteiger partial charge in [0, 0.05) is 18.4 Å². The van der Waals surface area contributed by atoms with Crippen molar-refractivity contribution < 1.29 is 18.4 Å². The van der Waals surface area contributed by atoms with E-state index in [1.54, 1.807) is 12.1 Å². The smallest absolute Gasteiger partial charge is 0.263 e. The molecule has 1 aromatic carbocycles. The number of hydrogen-bond acceptors (Lipinski definition) is 5. The van der Waals surface area contributed by atoms with Gasteiger partial charge in [-0.3, -0.25) is 9.59 Å². The Hall–Kier alpha value is -3.29. The number of benzene rings is 1. The Balaban J connectivity index is 1.54. The number of imidazole rings is 1. The molecule has 0 bridgehead atoms. The first-order valence-electron chi connectivity index (χ1n) is 11.8. The number of nitrogens with zero attached hydrogens (tertiary/aromatic N) is 3. The van der Waals surface area contributed by atoms with Crippen molar-refractivity contribution in [3.8, 4) is 11.3 Å². The van der Waals surface area contributed by atoms with E-state index in [4.69, 9.17) is 9.40 Å². The third-order valence-electron chi connectivity index (χ3n) is 6.34. The molecular weight excluding hydrogens is 435 g/mol. The molecule has 180 valence electrons. The van der Waals surface area contributed by atoms with Crippen molar-refractivity contribution in [3.05, 3.63) is 60.5 Å². The van der Waals surface area contributed by atoms with Gasteiger partial charge in [-0.15, -0.1) is 0 Å². The summed E-state index contributed by atoms with van der Waals surface area (Å²) in [4.78, 5) is 33.2. The number of ketones is 1. The molecule has 1 aliphatic rings. The van der Waals surface area contributed by atoms with Crippen LogP contribution in [0, 0.1) is 5.82 Å². The number of rotatable bonds is 9. The first-order valence-corrected chi connectivity index (χ1v) is 11.8. The highest BCUT2D eigenvalue weighted by atomic mass is 19.1. The lowest BCUT2D eigenvalue weighted by Gasteiger charge is -2.35. The molecule has 0 saturated carbocycles. The van der Waals surface area contributed by atoms with Crippen LogP contribution in [0.3, 0.4) is 0 Å². The Labute approximate surface area is 198 Å². The van der Waals surface area contributed by atoms with E-state index in [0.29, 0.717) is 19.3 Å². The minimum absolute atomic E-state index is 0.0193. The molecule has 1 fully saturated rings. The molecule has 3 aromatic rings. The number of carbonyl (C=O) groups is 2. The molecule has 0 radical (unpaired) electrons. The van der Waals surface area contributed by atoms with E-state index in [-0.39, 0.29) is 28.9 Å². The topological polar surface area (TPSA) is 90.0 Å². The fraction of sp³-hybridized carbons (Fsp3) is 0.462. The number of Topliss-reactive ketones (excluding diaryl/α,β-unsaturated/α-hetero) is 1. The fourth-order valence-corrected chi connectivity index (χ4v) is 4.74. The minimum Gasteiger partial charge on any atom is -0.442 e. The molecule has 1 saturated heterocycles. The summed E-state index contributed by atoms with van der Waals surface area (Å²) in [6, 6.07) is 6.40. The number of unbranched alkanes of at least 4 members (excludes halogenated alkanes) is 2. The number of carbonyl (C=O) groups excluding carboxylic acids is 2. The number of hydrogen-bond donors (Lipinski definition) is 1. The number of halogens is 1. The summed E-state index contributed by atoms with van der Waals surface area (Å²) in [5, 5.41) is 3.22. The molecule has 1 unspecified atom stereocenters. The zero-order chi connectivity index (χ0) is 24.3. The maximum Gasteiger partial charge on any atom is 0.263 e. The van der Waals surface area contributed by atoms with E-state index >= 15 is 0 Å². The van der Waals surface area contributed by atoms with Gasteiger partial charge in [-0.05, 0) is 69.9 Å². The number of nitrogens with one attached hydrogen (secondary N) is 1. The normalized spacial score (nSPS) is 18.3. The van der Waals surface area contributed by atoms with Crippen molar-refractivity contribution >= 4 is 11.7 Å². The Morgan fingerprint density at radius 1 is 1.18 bits per heavy atom. The number of aromatic nitrogens is 3. The maximum atomic E-state index is 13.5. The summed E-state index contributed by atoms with van der Waals surface area (Å²) in [7, 11) is 0. The molecule has 3 heterocycles. The van der Waals surface area contributed by atoms with Crippen molar-refractivity contribution in [2.24, 2.45) is 0 Å². The zero-order valence-electron chi connectivity index (χ0n) is 19.9. The second-order valence-corrected chi connectivity index (χ2v) is 9.93. The minimum atomic E-state index is -0.574. The van der Waals surface area contributed by atoms with E-state index in [0.717, 1.165) is 42.8 Å². The SMILES string of the molecule is CC(C)(C)n1c(-c2ccc(F)cc2)cnc1C1(CCCCCC(=O)c2ncco2)CCC(=O)N1. The monoisotopic (exact) mass is 466 g/mol. The summed E-state index contributed by atoms with van der Waals surface area (Å²) in [6.07, 6.45) is 9.30. The van der Waals surface area contributed by atoms with Crippen LogP contribution in [0.2, 0.25) is 0 Å². The van der Waals surface area contributed by atoms with E-state index < -0.39 is 5.54 Å². The third-order valence-corrected chi connectivity index (χ3v) is 6.34. The molecule has 1 aliphatic heterocycles. The molecular formula is C26H31FN4O3. The van der Waals surface area contributed by atoms with E-state index in [2.05, 4.69) is 35.6 Å². The van der Waals surface area contributed by atoms with Crippen LogP contribution in [0.1, 0.15) is 82.2 Å². The average Bonchev–Trinajstić information content (AvgIpc) is 3.54. The van der Waals surface area contributed by atoms with Crippen molar-refractivity contribution in [2.45, 2.75) is 76.8 Å². The van der Waals surface area contributed by atoms with Gasteiger partial charge in [0.05, 0.1) is 23.6 Å². The lowest BCUT2D eigenvalue weighted by atomic mass is 9.88. The molecule has 8 heteroatoms. The molecule has 1 amide bonds. The zero-order valence-corrected chi connectivity index (χ0v) is 19.9. The quantitative estimate of drug-likeness (QED) is 0.338. The van der Waals surface area contributed by atoms with Gasteiger partial charge in [-0.1, -0.05) is 12.8 Å². The van der Waals surface area contributed by atoms with Crippen LogP contribution in [-0.4, -0.2) is 26.2 Å². The Morgan fingerprint density at radius 2 is 1.94 bits per heavy atom. The largest absolute Gasteiger partial charge is 0.442 e. The highest BCUT2D eigenvalue weighted by molar-refractivity contribution is 5.91. The van der Waals surface area contributed by atoms with Gasteiger partial charge in [0.25, 0.3) is 5.89 Å². The lowest BCUT2D eigenvalue weighted by Crippen LogP contribution is -2.43. The van der Waals surface area contributed by atoms with Crippen LogP contribution in [0.25, 0.3) is 11.3 Å². The third kappa shape index (κ3) is 4.95. The second kappa shape index (κ2) is 9.52. The molecule has 0 aliphatic carbocycles. The summed E-state index contributed by atoms with van der Waals surface area (Å²) in [5.41, 5.74) is 0.882. The Bertz CT molecular complexity index is 1150. The fourth-order valence-electron chi connectivity index (χ4n) is 4.74. The molecule has 34 heavy (non-hydrogen) atoms. The van der Waals surface area contributed by atoms with Crippen molar-refractivity contribution in [1.29, 1.82) is 0 Å². The van der Waals surface area contributed by atoms with Gasteiger partial charge < -0.3 is 14.3 Å². The van der Waals surface area contributed by atoms with Crippen LogP contribution in [0.5, 0.6) is 0 Å². The molecule has 4 rings (SSSR count). The highest BCUT2D eigenvalue weighted by Crippen LogP contribution is 2.40. The second-order valence-electron chi connectivity index (χ2n) is 9.93. The number of amides is 1. The van der Waals surface area contributed by atoms with Crippen LogP contribution in [-0.2, 0) is 15.9 Å². The lowest BCUT2D eigenvalue weighted by molar-refractivity contribution is -0.120.